The Balaban J connectivity index is 0.000000208. The average molecular weight is 970 g/mol. The van der Waals surface area contributed by atoms with E-state index in [0.29, 0.717) is 17.1 Å². The molecule has 0 aliphatic heterocycles. The molecule has 4 heterocycles. The minimum Gasteiger partial charge on any atom is -0.501 e. The minimum atomic E-state index is -2.09. The molecule has 5 nitrogen and oxygen atoms in total. The Kier molecular flexibility index (Phi) is 10.7. The summed E-state index contributed by atoms with van der Waals surface area (Å²) >= 11 is 0. The fourth-order valence-electron chi connectivity index (χ4n) is 7.62. The smallest absolute Gasteiger partial charge is 0.168 e. The van der Waals surface area contributed by atoms with Gasteiger partial charge in [-0.2, -0.15) is 0 Å². The van der Waals surface area contributed by atoms with E-state index in [9.17, 15) is 0 Å². The quantitative estimate of drug-likeness (QED) is 0.123. The van der Waals surface area contributed by atoms with Gasteiger partial charge in [-0.25, -0.2) is 4.98 Å². The first-order valence-corrected chi connectivity index (χ1v) is 23.4. The maximum absolute atomic E-state index is 7.44. The monoisotopic (exact) mass is 970 g/mol. The van der Waals surface area contributed by atoms with Crippen molar-refractivity contribution in [2.75, 3.05) is 0 Å². The van der Waals surface area contributed by atoms with Crippen LogP contribution in [0.2, 0.25) is 19.6 Å². The third-order valence-corrected chi connectivity index (χ3v) is 12.6. The Morgan fingerprint density at radius 1 is 0.797 bits per heavy atom. The average Bonchev–Trinajstić information content (AvgIpc) is 3.82. The van der Waals surface area contributed by atoms with Crippen molar-refractivity contribution in [3.63, 3.8) is 0 Å². The predicted octanol–water partition coefficient (Wildman–Crippen LogP) is 13.3. The molecule has 1 radical (unpaired) electrons. The van der Waals surface area contributed by atoms with Crippen LogP contribution >= 0.6 is 0 Å². The summed E-state index contributed by atoms with van der Waals surface area (Å²) in [5, 5.41) is 3.52. The zero-order chi connectivity index (χ0) is 43.3. The second-order valence-corrected chi connectivity index (χ2v) is 22.2. The number of para-hydroxylation sites is 1. The number of imidazole rings is 1. The first kappa shape index (κ1) is 37.8. The summed E-state index contributed by atoms with van der Waals surface area (Å²) in [5.41, 5.74) is 12.0. The van der Waals surface area contributed by atoms with Crippen molar-refractivity contribution in [1.82, 2.24) is 19.5 Å². The number of benzene rings is 5. The van der Waals surface area contributed by atoms with Gasteiger partial charge in [0, 0.05) is 47.7 Å². The first-order valence-electron chi connectivity index (χ1n) is 21.4. The van der Waals surface area contributed by atoms with Crippen LogP contribution in [0.4, 0.5) is 0 Å². The SMILES string of the molecule is CC(C)(C)c1ccnc2nc(-c3[c-]ccc4c3oc3ccccc34)n(-c3ccc(-c4ccccc4)cc3)c12.[2H]C([2H])([2H])c1c[c-]c(-c2cc(C(C)C)c([Si](C)(C)C)cn2)cc1.[Ir]. The first-order chi connectivity index (χ1) is 29.0. The van der Waals surface area contributed by atoms with Crippen LogP contribution in [0, 0.1) is 19.0 Å². The maximum atomic E-state index is 7.44. The van der Waals surface area contributed by atoms with Crippen molar-refractivity contribution < 1.29 is 28.6 Å². The number of hydrogen-bond donors (Lipinski definition) is 0. The molecule has 0 aliphatic carbocycles. The molecule has 9 aromatic rings. The summed E-state index contributed by atoms with van der Waals surface area (Å²) < 4.78 is 30.9. The summed E-state index contributed by atoms with van der Waals surface area (Å²) in [4.78, 5) is 14.4. The molecule has 0 saturated carbocycles. The second-order valence-electron chi connectivity index (χ2n) is 17.2. The molecule has 5 aromatic carbocycles. The molecule has 9 rings (SSSR count). The van der Waals surface area contributed by atoms with Gasteiger partial charge in [0.1, 0.15) is 5.58 Å². The van der Waals surface area contributed by atoms with Gasteiger partial charge in [0.05, 0.1) is 25.0 Å². The molecular formula is C52H50IrN4OSi-2. The third kappa shape index (κ3) is 8.38. The van der Waals surface area contributed by atoms with Crippen molar-refractivity contribution in [3.05, 3.63) is 163 Å². The number of aromatic nitrogens is 4. The molecule has 0 spiro atoms. The zero-order valence-electron chi connectivity index (χ0n) is 37.8. The second kappa shape index (κ2) is 16.7. The maximum Gasteiger partial charge on any atom is 0.168 e. The Labute approximate surface area is 367 Å². The summed E-state index contributed by atoms with van der Waals surface area (Å²) in [6, 6.07) is 47.0. The third-order valence-electron chi connectivity index (χ3n) is 10.6. The largest absolute Gasteiger partial charge is 0.501 e. The fraction of sp³-hybridized carbons (Fsp3) is 0.212. The van der Waals surface area contributed by atoms with Crippen LogP contribution in [0.1, 0.15) is 61.3 Å². The molecule has 0 fully saturated rings. The van der Waals surface area contributed by atoms with E-state index in [-0.39, 0.29) is 25.5 Å². The van der Waals surface area contributed by atoms with E-state index in [0.717, 1.165) is 55.8 Å². The number of furan rings is 1. The summed E-state index contributed by atoms with van der Waals surface area (Å²) in [6.45, 7) is 16.0. The number of nitrogens with zero attached hydrogens (tertiary/aromatic N) is 4. The van der Waals surface area contributed by atoms with Crippen LogP contribution in [0.25, 0.3) is 72.6 Å². The van der Waals surface area contributed by atoms with Gasteiger partial charge >= 0.3 is 0 Å². The van der Waals surface area contributed by atoms with E-state index in [2.05, 4.69) is 149 Å². The molecule has 0 amide bonds. The van der Waals surface area contributed by atoms with E-state index in [1.807, 2.05) is 42.7 Å². The standard InChI is InChI=1S/C34H26N3O.C18H24NSi.Ir/c1-34(2,3)28-20-21-35-32-30(28)37(24-18-16-23(17-19-24)22-10-5-4-6-11-22)33(36-32)27-14-9-13-26-25-12-7-8-15-29(25)38-31(26)27;1-13(2)16-11-17(15-9-7-14(3)8-10-15)19-12-18(16)20(4,5)6;/h4-13,15-21H,1-3H3;7-9,11-13H,1-6H3;/q2*-1;/i;3D3;. The van der Waals surface area contributed by atoms with Crippen molar-refractivity contribution >= 4 is 46.4 Å². The van der Waals surface area contributed by atoms with Gasteiger partial charge in [-0.15, -0.1) is 53.6 Å². The molecule has 0 saturated heterocycles. The topological polar surface area (TPSA) is 56.7 Å². The molecule has 0 atom stereocenters. The van der Waals surface area contributed by atoms with Crippen molar-refractivity contribution in [2.24, 2.45) is 0 Å². The molecule has 0 aliphatic rings. The van der Waals surface area contributed by atoms with E-state index < -0.39 is 14.9 Å². The van der Waals surface area contributed by atoms with Crippen LogP contribution < -0.4 is 5.19 Å². The number of pyridine rings is 2. The normalized spacial score (nSPS) is 12.8. The number of rotatable bonds is 6. The molecule has 59 heavy (non-hydrogen) atoms. The van der Waals surface area contributed by atoms with E-state index in [1.165, 1.54) is 27.4 Å². The van der Waals surface area contributed by atoms with Gasteiger partial charge in [-0.05, 0) is 63.2 Å². The molecule has 0 unspecified atom stereocenters. The Morgan fingerprint density at radius 2 is 1.53 bits per heavy atom. The Bertz CT molecular complexity index is 3000. The van der Waals surface area contributed by atoms with Gasteiger partial charge in [-0.1, -0.05) is 144 Å². The fourth-order valence-corrected chi connectivity index (χ4v) is 9.30. The minimum absolute atomic E-state index is 0. The van der Waals surface area contributed by atoms with E-state index >= 15 is 0 Å². The molecular weight excluding hydrogens is 917 g/mol. The van der Waals surface area contributed by atoms with Gasteiger partial charge < -0.3 is 14.0 Å². The summed E-state index contributed by atoms with van der Waals surface area (Å²) in [6.07, 6.45) is 3.86. The van der Waals surface area contributed by atoms with Crippen molar-refractivity contribution in [3.8, 4) is 39.5 Å². The van der Waals surface area contributed by atoms with Gasteiger partial charge in [0.15, 0.2) is 5.65 Å². The van der Waals surface area contributed by atoms with E-state index in [4.69, 9.17) is 18.5 Å². The van der Waals surface area contributed by atoms with Crippen molar-refractivity contribution in [1.29, 1.82) is 0 Å². The number of fused-ring (bicyclic) bond motifs is 4. The van der Waals surface area contributed by atoms with Crippen LogP contribution in [0.5, 0.6) is 0 Å². The Morgan fingerprint density at radius 3 is 2.20 bits per heavy atom. The summed E-state index contributed by atoms with van der Waals surface area (Å²) in [5.74, 6) is 1.20. The summed E-state index contributed by atoms with van der Waals surface area (Å²) in [7, 11) is -1.45. The number of hydrogen-bond acceptors (Lipinski definition) is 4. The van der Waals surface area contributed by atoms with Crippen LogP contribution in [0.3, 0.4) is 0 Å². The molecule has 7 heteroatoms. The zero-order valence-corrected chi connectivity index (χ0v) is 38.2. The predicted molar refractivity (Wildman–Crippen MR) is 245 cm³/mol. The molecule has 4 aromatic heterocycles. The van der Waals surface area contributed by atoms with Gasteiger partial charge in [-0.3, -0.25) is 4.98 Å². The molecule has 0 bridgehead atoms. The van der Waals surface area contributed by atoms with Gasteiger partial charge in [0.2, 0.25) is 0 Å². The van der Waals surface area contributed by atoms with Crippen LogP contribution in [0.15, 0.2) is 138 Å². The van der Waals surface area contributed by atoms with Crippen LogP contribution in [-0.4, -0.2) is 27.6 Å². The van der Waals surface area contributed by atoms with Crippen molar-refractivity contribution in [2.45, 2.75) is 72.4 Å². The molecule has 0 N–H and O–H groups in total. The Hall–Kier alpha value is -5.46. The van der Waals surface area contributed by atoms with E-state index in [1.54, 1.807) is 18.2 Å². The van der Waals surface area contributed by atoms with Crippen LogP contribution in [-0.2, 0) is 25.5 Å². The number of aryl methyl sites for hydroxylation is 1. The van der Waals surface area contributed by atoms with Gasteiger partial charge in [0.25, 0.3) is 0 Å². The molecule has 299 valence electrons.